The lowest BCUT2D eigenvalue weighted by Crippen LogP contribution is -2.38. The summed E-state index contributed by atoms with van der Waals surface area (Å²) in [5.41, 5.74) is 3.81. The van der Waals surface area contributed by atoms with Crippen LogP contribution in [0.2, 0.25) is 0 Å². The molecule has 2 heterocycles. The van der Waals surface area contributed by atoms with Gasteiger partial charge in [-0.2, -0.15) is 0 Å². The topological polar surface area (TPSA) is 127 Å². The Kier molecular flexibility index (Phi) is 11.2. The van der Waals surface area contributed by atoms with Crippen LogP contribution in [-0.2, 0) is 19.1 Å². The van der Waals surface area contributed by atoms with Crippen LogP contribution in [0, 0.1) is 0 Å². The summed E-state index contributed by atoms with van der Waals surface area (Å²) in [7, 11) is 0. The second-order valence-corrected chi connectivity index (χ2v) is 12.1. The first-order valence-corrected chi connectivity index (χ1v) is 16.3. The molecule has 2 fully saturated rings. The highest BCUT2D eigenvalue weighted by Gasteiger charge is 2.36. The number of amides is 4. The third-order valence-corrected chi connectivity index (χ3v) is 8.39. The van der Waals surface area contributed by atoms with E-state index in [1.165, 1.54) is 0 Å². The summed E-state index contributed by atoms with van der Waals surface area (Å²) in [5, 5.41) is 5.22. The van der Waals surface area contributed by atoms with Crippen LogP contribution in [0.3, 0.4) is 0 Å². The lowest BCUT2D eigenvalue weighted by atomic mass is 10.0. The molecule has 11 nitrogen and oxygen atoms in total. The predicted molar refractivity (Wildman–Crippen MR) is 183 cm³/mol. The van der Waals surface area contributed by atoms with E-state index in [2.05, 4.69) is 29.4 Å². The van der Waals surface area contributed by atoms with Crippen LogP contribution in [0.4, 0.5) is 21.9 Å². The third-order valence-electron chi connectivity index (χ3n) is 7.49. The van der Waals surface area contributed by atoms with Crippen molar-refractivity contribution in [2.24, 2.45) is 0 Å². The number of rotatable bonds is 12. The zero-order valence-corrected chi connectivity index (χ0v) is 27.4. The van der Waals surface area contributed by atoms with Gasteiger partial charge in [0.05, 0.1) is 36.1 Å². The van der Waals surface area contributed by atoms with Gasteiger partial charge in [0.2, 0.25) is 5.91 Å². The molecule has 5 rings (SSSR count). The van der Waals surface area contributed by atoms with E-state index in [9.17, 15) is 19.2 Å². The maximum absolute atomic E-state index is 13.2. The summed E-state index contributed by atoms with van der Waals surface area (Å²) in [5.74, 6) is -0.370. The summed E-state index contributed by atoms with van der Waals surface area (Å²) in [6.45, 7) is 8.21. The van der Waals surface area contributed by atoms with E-state index in [0.717, 1.165) is 33.6 Å². The molecule has 0 aromatic heterocycles. The number of morpholine rings is 1. The van der Waals surface area contributed by atoms with Crippen LogP contribution in [0.15, 0.2) is 71.6 Å². The number of benzene rings is 3. The Labute approximate surface area is 278 Å². The van der Waals surface area contributed by atoms with Gasteiger partial charge in [0, 0.05) is 18.8 Å². The van der Waals surface area contributed by atoms with Crippen molar-refractivity contribution in [1.29, 1.82) is 0 Å². The molecule has 246 valence electrons. The quantitative estimate of drug-likeness (QED) is 0.234. The number of hydrogen-bond acceptors (Lipinski definition) is 9. The first kappa shape index (κ1) is 33.6. The molecule has 3 aromatic rings. The molecule has 0 spiro atoms. The molecule has 0 atom stereocenters. The van der Waals surface area contributed by atoms with Crippen LogP contribution in [0.1, 0.15) is 37.8 Å². The van der Waals surface area contributed by atoms with Gasteiger partial charge in [-0.1, -0.05) is 50.2 Å². The first-order valence-electron chi connectivity index (χ1n) is 15.5. The van der Waals surface area contributed by atoms with Gasteiger partial charge in [-0.05, 0) is 72.1 Å². The number of anilines is 3. The normalized spacial score (nSPS) is 15.7. The Morgan fingerprint density at radius 1 is 0.915 bits per heavy atom. The van der Waals surface area contributed by atoms with E-state index < -0.39 is 23.6 Å². The van der Waals surface area contributed by atoms with E-state index in [1.54, 1.807) is 30.3 Å². The van der Waals surface area contributed by atoms with Gasteiger partial charge in [0.1, 0.15) is 6.54 Å². The highest BCUT2D eigenvalue weighted by molar-refractivity contribution is 8.18. The van der Waals surface area contributed by atoms with Crippen LogP contribution in [0.5, 0.6) is 11.5 Å². The Bertz CT molecular complexity index is 1670. The maximum atomic E-state index is 13.2. The Morgan fingerprint density at radius 2 is 1.62 bits per heavy atom. The SMILES string of the molecule is CCOc1cc(/C=C2/SC(=O)N(CC(=O)Nc3ccccc3N3CCOCC3)C2=O)ccc1OCC(=O)Nc1ccccc1C(C)C. The van der Waals surface area contributed by atoms with Gasteiger partial charge < -0.3 is 29.7 Å². The minimum Gasteiger partial charge on any atom is -0.490 e. The summed E-state index contributed by atoms with van der Waals surface area (Å²) in [6.07, 6.45) is 1.57. The number of nitrogens with zero attached hydrogens (tertiary/aromatic N) is 2. The highest BCUT2D eigenvalue weighted by atomic mass is 32.2. The number of imide groups is 1. The molecular formula is C35H38N4O7S. The maximum Gasteiger partial charge on any atom is 0.294 e. The fourth-order valence-corrected chi connectivity index (χ4v) is 6.06. The molecule has 2 aliphatic heterocycles. The molecule has 0 unspecified atom stereocenters. The van der Waals surface area contributed by atoms with E-state index >= 15 is 0 Å². The Morgan fingerprint density at radius 3 is 2.36 bits per heavy atom. The number of thioether (sulfide) groups is 1. The molecule has 4 amide bonds. The number of ether oxygens (including phenoxy) is 3. The van der Waals surface area contributed by atoms with Gasteiger partial charge in [0.25, 0.3) is 17.1 Å². The van der Waals surface area contributed by atoms with Crippen molar-refractivity contribution in [2.75, 3.05) is 61.6 Å². The number of carbonyl (C=O) groups is 4. The summed E-state index contributed by atoms with van der Waals surface area (Å²) in [4.78, 5) is 54.9. The molecule has 0 radical (unpaired) electrons. The highest BCUT2D eigenvalue weighted by Crippen LogP contribution is 2.35. The molecular weight excluding hydrogens is 620 g/mol. The van der Waals surface area contributed by atoms with Gasteiger partial charge in [-0.15, -0.1) is 0 Å². The fourth-order valence-electron chi connectivity index (χ4n) is 5.23. The van der Waals surface area contributed by atoms with Crippen molar-refractivity contribution >= 4 is 57.9 Å². The largest absolute Gasteiger partial charge is 0.490 e. The third kappa shape index (κ3) is 8.52. The smallest absolute Gasteiger partial charge is 0.294 e. The number of nitrogens with one attached hydrogen (secondary N) is 2. The lowest BCUT2D eigenvalue weighted by Gasteiger charge is -2.30. The van der Waals surface area contributed by atoms with Crippen molar-refractivity contribution in [3.05, 3.63) is 82.8 Å². The number of carbonyl (C=O) groups excluding carboxylic acids is 4. The van der Waals surface area contributed by atoms with Crippen molar-refractivity contribution in [3.8, 4) is 11.5 Å². The molecule has 12 heteroatoms. The molecule has 2 saturated heterocycles. The lowest BCUT2D eigenvalue weighted by molar-refractivity contribution is -0.127. The average Bonchev–Trinajstić information content (AvgIpc) is 3.32. The summed E-state index contributed by atoms with van der Waals surface area (Å²) < 4.78 is 17.0. The van der Waals surface area contributed by atoms with E-state index in [1.807, 2.05) is 49.4 Å². The van der Waals surface area contributed by atoms with Gasteiger partial charge >= 0.3 is 0 Å². The van der Waals surface area contributed by atoms with Crippen molar-refractivity contribution in [3.63, 3.8) is 0 Å². The monoisotopic (exact) mass is 658 g/mol. The van der Waals surface area contributed by atoms with Crippen LogP contribution in [0.25, 0.3) is 6.08 Å². The first-order chi connectivity index (χ1) is 22.7. The van der Waals surface area contributed by atoms with Gasteiger partial charge in [-0.25, -0.2) is 0 Å². The molecule has 0 aliphatic carbocycles. The molecule has 0 bridgehead atoms. The zero-order valence-electron chi connectivity index (χ0n) is 26.6. The molecule has 2 aliphatic rings. The van der Waals surface area contributed by atoms with Gasteiger partial charge in [-0.3, -0.25) is 24.1 Å². The Hall–Kier alpha value is -4.81. The van der Waals surface area contributed by atoms with E-state index in [0.29, 0.717) is 55.7 Å². The standard InChI is InChI=1S/C35H38N4O7S/c1-4-45-30-19-24(13-14-29(30)46-22-33(41)36-26-10-6-5-9-25(26)23(2)3)20-31-34(42)39(35(43)47-31)21-32(40)37-27-11-7-8-12-28(27)38-15-17-44-18-16-38/h5-14,19-20,23H,4,15-18,21-22H2,1-3H3,(H,36,41)(H,37,40)/b31-20+. The van der Waals surface area contributed by atoms with Gasteiger partial charge in [0.15, 0.2) is 18.1 Å². The minimum atomic E-state index is -0.562. The van der Waals surface area contributed by atoms with Crippen molar-refractivity contribution in [1.82, 2.24) is 4.90 Å². The zero-order chi connectivity index (χ0) is 33.3. The fraction of sp³-hybridized carbons (Fsp3) is 0.314. The molecule has 3 aromatic carbocycles. The average molecular weight is 659 g/mol. The van der Waals surface area contributed by atoms with Crippen LogP contribution >= 0.6 is 11.8 Å². The van der Waals surface area contributed by atoms with Crippen molar-refractivity contribution < 1.29 is 33.4 Å². The number of para-hydroxylation sites is 3. The van der Waals surface area contributed by atoms with E-state index in [-0.39, 0.29) is 23.3 Å². The molecule has 47 heavy (non-hydrogen) atoms. The molecule has 0 saturated carbocycles. The van der Waals surface area contributed by atoms with Crippen LogP contribution in [-0.4, -0.2) is 73.9 Å². The summed E-state index contributed by atoms with van der Waals surface area (Å²) >= 11 is 0.764. The van der Waals surface area contributed by atoms with E-state index in [4.69, 9.17) is 14.2 Å². The summed E-state index contributed by atoms with van der Waals surface area (Å²) in [6, 6.07) is 20.1. The Balaban J connectivity index is 1.22. The number of hydrogen-bond donors (Lipinski definition) is 2. The minimum absolute atomic E-state index is 0.177. The second-order valence-electron chi connectivity index (χ2n) is 11.2. The predicted octanol–water partition coefficient (Wildman–Crippen LogP) is 5.74. The second kappa shape index (κ2) is 15.7. The molecule has 2 N–H and O–H groups in total. The van der Waals surface area contributed by atoms with Crippen LogP contribution < -0.4 is 25.0 Å². The van der Waals surface area contributed by atoms with Crippen molar-refractivity contribution in [2.45, 2.75) is 26.7 Å².